The van der Waals surface area contributed by atoms with E-state index in [4.69, 9.17) is 9.47 Å². The van der Waals surface area contributed by atoms with Gasteiger partial charge in [-0.1, -0.05) is 25.3 Å². The average Bonchev–Trinajstić information content (AvgIpc) is 2.60. The van der Waals surface area contributed by atoms with Gasteiger partial charge in [0.05, 0.1) is 13.7 Å². The molecule has 2 N–H and O–H groups in total. The molecule has 0 spiro atoms. The summed E-state index contributed by atoms with van der Waals surface area (Å²) in [6.07, 6.45) is 6.88. The molecule has 0 radical (unpaired) electrons. The topological polar surface area (TPSA) is 59.6 Å². The molecule has 1 atom stereocenters. The first-order valence-electron chi connectivity index (χ1n) is 8.58. The predicted octanol–water partition coefficient (Wildman–Crippen LogP) is 2.88. The first kappa shape index (κ1) is 16.0. The summed E-state index contributed by atoms with van der Waals surface area (Å²) in [5.41, 5.74) is 1.18. The second kappa shape index (κ2) is 7.57. The molecule has 1 aliphatic carbocycles. The zero-order chi connectivity index (χ0) is 16.1. The first-order valence-corrected chi connectivity index (χ1v) is 8.58. The number of hydrogen-bond acceptors (Lipinski definition) is 3. The van der Waals surface area contributed by atoms with Crippen molar-refractivity contribution in [1.29, 1.82) is 0 Å². The molecular weight excluding hydrogens is 292 g/mol. The van der Waals surface area contributed by atoms with Gasteiger partial charge in [-0.15, -0.1) is 0 Å². The zero-order valence-corrected chi connectivity index (χ0v) is 13.8. The number of hydrogen-bond donors (Lipinski definition) is 2. The third kappa shape index (κ3) is 4.30. The maximum absolute atomic E-state index is 12.0. The predicted molar refractivity (Wildman–Crippen MR) is 89.1 cm³/mol. The number of carbonyl (C=O) groups excluding carboxylic acids is 1. The van der Waals surface area contributed by atoms with E-state index in [1.807, 2.05) is 18.2 Å². The lowest BCUT2D eigenvalue weighted by Gasteiger charge is -2.27. The van der Waals surface area contributed by atoms with Crippen molar-refractivity contribution in [2.75, 3.05) is 20.3 Å². The molecule has 0 unspecified atom stereocenters. The second-order valence-electron chi connectivity index (χ2n) is 6.54. The molecule has 126 valence electrons. The maximum Gasteiger partial charge on any atom is 0.315 e. The summed E-state index contributed by atoms with van der Waals surface area (Å²) < 4.78 is 11.0. The number of ether oxygens (including phenoxy) is 2. The molecule has 2 aliphatic rings. The highest BCUT2D eigenvalue weighted by molar-refractivity contribution is 5.74. The Hall–Kier alpha value is -1.91. The molecule has 1 aromatic carbocycles. The van der Waals surface area contributed by atoms with Crippen LogP contribution in [0.3, 0.4) is 0 Å². The van der Waals surface area contributed by atoms with E-state index < -0.39 is 0 Å². The van der Waals surface area contributed by atoms with Gasteiger partial charge in [-0.3, -0.25) is 0 Å². The molecule has 5 heteroatoms. The van der Waals surface area contributed by atoms with Crippen molar-refractivity contribution in [3.63, 3.8) is 0 Å². The molecule has 5 nitrogen and oxygen atoms in total. The molecule has 1 fully saturated rings. The molecule has 1 aromatic rings. The molecule has 0 saturated heterocycles. The van der Waals surface area contributed by atoms with Crippen LogP contribution in [0.5, 0.6) is 11.5 Å². The largest absolute Gasteiger partial charge is 0.497 e. The highest BCUT2D eigenvalue weighted by atomic mass is 16.5. The minimum Gasteiger partial charge on any atom is -0.497 e. The minimum absolute atomic E-state index is 0.0440. The van der Waals surface area contributed by atoms with E-state index in [0.717, 1.165) is 30.8 Å². The Bertz CT molecular complexity index is 541. The number of amides is 2. The number of nitrogens with one attached hydrogen (secondary N) is 2. The Morgan fingerprint density at radius 3 is 2.91 bits per heavy atom. The summed E-state index contributed by atoms with van der Waals surface area (Å²) in [5, 5.41) is 6.08. The lowest BCUT2D eigenvalue weighted by atomic mass is 9.95. The van der Waals surface area contributed by atoms with Crippen LogP contribution in [0.15, 0.2) is 18.2 Å². The molecule has 1 heterocycles. The Morgan fingerprint density at radius 1 is 1.30 bits per heavy atom. The van der Waals surface area contributed by atoms with E-state index in [9.17, 15) is 4.79 Å². The average molecular weight is 318 g/mol. The van der Waals surface area contributed by atoms with Crippen molar-refractivity contribution >= 4 is 6.03 Å². The molecule has 1 saturated carbocycles. The van der Waals surface area contributed by atoms with Gasteiger partial charge in [0.15, 0.2) is 0 Å². The van der Waals surface area contributed by atoms with Crippen molar-refractivity contribution in [2.45, 2.75) is 44.6 Å². The third-order valence-corrected chi connectivity index (χ3v) is 4.75. The summed E-state index contributed by atoms with van der Waals surface area (Å²) in [7, 11) is 1.65. The minimum atomic E-state index is -0.0440. The lowest BCUT2D eigenvalue weighted by molar-refractivity contribution is 0.208. The van der Waals surface area contributed by atoms with Crippen molar-refractivity contribution in [1.82, 2.24) is 10.6 Å². The zero-order valence-electron chi connectivity index (χ0n) is 13.8. The van der Waals surface area contributed by atoms with E-state index >= 15 is 0 Å². The lowest BCUT2D eigenvalue weighted by Crippen LogP contribution is -2.45. The fourth-order valence-electron chi connectivity index (χ4n) is 3.39. The van der Waals surface area contributed by atoms with Crippen molar-refractivity contribution in [2.24, 2.45) is 5.92 Å². The normalized spacial score (nSPS) is 21.0. The summed E-state index contributed by atoms with van der Waals surface area (Å²) in [5.74, 6) is 2.02. The number of carbonyl (C=O) groups is 1. The Labute approximate surface area is 137 Å². The van der Waals surface area contributed by atoms with E-state index in [0.29, 0.717) is 25.1 Å². The quantitative estimate of drug-likeness (QED) is 0.897. The third-order valence-electron chi connectivity index (χ3n) is 4.75. The molecule has 0 aromatic heterocycles. The van der Waals surface area contributed by atoms with E-state index in [2.05, 4.69) is 10.6 Å². The Kier molecular flexibility index (Phi) is 5.26. The molecular formula is C18H26N2O3. The number of methoxy groups -OCH3 is 1. The highest BCUT2D eigenvalue weighted by Crippen LogP contribution is 2.30. The SMILES string of the molecule is COc1ccc2c(c1)OC[C@H](CNC(=O)NC1CCCCC1)C2. The van der Waals surface area contributed by atoms with Gasteiger partial charge in [-0.05, 0) is 30.9 Å². The van der Waals surface area contributed by atoms with Crippen LogP contribution in [0, 0.1) is 5.92 Å². The van der Waals surface area contributed by atoms with Crippen LogP contribution in [-0.4, -0.2) is 32.3 Å². The van der Waals surface area contributed by atoms with Gasteiger partial charge in [0.25, 0.3) is 0 Å². The standard InChI is InChI=1S/C18H26N2O3/c1-22-16-8-7-14-9-13(12-23-17(14)10-16)11-19-18(21)20-15-5-3-2-4-6-15/h7-8,10,13,15H,2-6,9,11-12H2,1H3,(H2,19,20,21)/t13-/m0/s1. The fourth-order valence-corrected chi connectivity index (χ4v) is 3.39. The van der Waals surface area contributed by atoms with E-state index in [1.54, 1.807) is 7.11 Å². The first-order chi connectivity index (χ1) is 11.2. The van der Waals surface area contributed by atoms with Gasteiger partial charge < -0.3 is 20.1 Å². The van der Waals surface area contributed by atoms with Crippen LogP contribution in [0.1, 0.15) is 37.7 Å². The summed E-state index contributed by atoms with van der Waals surface area (Å²) in [6.45, 7) is 1.27. The van der Waals surface area contributed by atoms with Crippen LogP contribution in [0.25, 0.3) is 0 Å². The molecule has 23 heavy (non-hydrogen) atoms. The monoisotopic (exact) mass is 318 g/mol. The van der Waals surface area contributed by atoms with Crippen molar-refractivity contribution < 1.29 is 14.3 Å². The van der Waals surface area contributed by atoms with Gasteiger partial charge in [-0.2, -0.15) is 0 Å². The Morgan fingerprint density at radius 2 is 2.13 bits per heavy atom. The number of benzene rings is 1. The van der Waals surface area contributed by atoms with Crippen molar-refractivity contribution in [3.8, 4) is 11.5 Å². The fraction of sp³-hybridized carbons (Fsp3) is 0.611. The molecule has 2 amide bonds. The number of urea groups is 1. The second-order valence-corrected chi connectivity index (χ2v) is 6.54. The van der Waals surface area contributed by atoms with Crippen LogP contribution >= 0.6 is 0 Å². The maximum atomic E-state index is 12.0. The van der Waals surface area contributed by atoms with Gasteiger partial charge in [0, 0.05) is 24.6 Å². The summed E-state index contributed by atoms with van der Waals surface area (Å²) >= 11 is 0. The number of rotatable bonds is 4. The van der Waals surface area contributed by atoms with E-state index in [-0.39, 0.29) is 6.03 Å². The van der Waals surface area contributed by atoms with Gasteiger partial charge >= 0.3 is 6.03 Å². The van der Waals surface area contributed by atoms with Crippen LogP contribution in [-0.2, 0) is 6.42 Å². The summed E-state index contributed by atoms with van der Waals surface area (Å²) in [4.78, 5) is 12.0. The van der Waals surface area contributed by atoms with Gasteiger partial charge in [0.2, 0.25) is 0 Å². The number of fused-ring (bicyclic) bond motifs is 1. The van der Waals surface area contributed by atoms with Crippen molar-refractivity contribution in [3.05, 3.63) is 23.8 Å². The molecule has 0 bridgehead atoms. The van der Waals surface area contributed by atoms with Gasteiger partial charge in [-0.25, -0.2) is 4.79 Å². The van der Waals surface area contributed by atoms with Crippen LogP contribution in [0.4, 0.5) is 4.79 Å². The summed E-state index contributed by atoms with van der Waals surface area (Å²) in [6, 6.07) is 6.22. The van der Waals surface area contributed by atoms with Gasteiger partial charge in [0.1, 0.15) is 11.5 Å². The van der Waals surface area contributed by atoms with Crippen LogP contribution < -0.4 is 20.1 Å². The van der Waals surface area contributed by atoms with E-state index in [1.165, 1.54) is 24.8 Å². The smallest absolute Gasteiger partial charge is 0.315 e. The molecule has 1 aliphatic heterocycles. The Balaban J connectivity index is 1.45. The highest BCUT2D eigenvalue weighted by Gasteiger charge is 2.22. The van der Waals surface area contributed by atoms with Crippen LogP contribution in [0.2, 0.25) is 0 Å². The molecule has 3 rings (SSSR count).